The van der Waals surface area contributed by atoms with E-state index in [2.05, 4.69) is 0 Å². The number of hydrogen-bond donors (Lipinski definition) is 4. The van der Waals surface area contributed by atoms with Crippen LogP contribution in [0.15, 0.2) is 30.3 Å². The number of nitrogens with zero attached hydrogens (tertiary/aromatic N) is 1. The molecule has 5 N–H and O–H groups in total. The van der Waals surface area contributed by atoms with Crippen molar-refractivity contribution in [1.29, 1.82) is 0 Å². The molecule has 0 saturated carbocycles. The maximum absolute atomic E-state index is 11.9. The zero-order chi connectivity index (χ0) is 17.9. The van der Waals surface area contributed by atoms with Crippen LogP contribution in [0.4, 0.5) is 5.69 Å². The Bertz CT molecular complexity index is 760. The van der Waals surface area contributed by atoms with Crippen molar-refractivity contribution in [2.45, 2.75) is 38.5 Å². The van der Waals surface area contributed by atoms with Crippen LogP contribution in [0, 0.1) is 0 Å². The minimum absolute atomic E-state index is 0.00335. The third kappa shape index (κ3) is 3.91. The molecule has 132 valence electrons. The number of hydrogen-bond acceptors (Lipinski definition) is 5. The Morgan fingerprint density at radius 2 is 2.08 bits per heavy atom. The lowest BCUT2D eigenvalue weighted by Crippen LogP contribution is -2.29. The molecule has 24 heavy (non-hydrogen) atoms. The number of primary amides is 1. The van der Waals surface area contributed by atoms with Gasteiger partial charge in [-0.05, 0) is 30.0 Å². The second-order valence-corrected chi connectivity index (χ2v) is 7.22. The lowest BCUT2D eigenvalue weighted by molar-refractivity contribution is -0.118. The largest absolute Gasteiger partial charge is 0.506 e. The molecule has 1 atom stereocenters. The molecule has 0 spiro atoms. The second kappa shape index (κ2) is 7.00. The molecule has 1 aliphatic rings. The first kappa shape index (κ1) is 17.9. The highest BCUT2D eigenvalue weighted by atomic mass is 32.2. The number of phenolic OH excluding ortho intramolecular Hbond substituents is 1. The van der Waals surface area contributed by atoms with Crippen molar-refractivity contribution in [3.05, 3.63) is 35.8 Å². The average molecular weight is 355 g/mol. The molecule has 1 aliphatic heterocycles. The number of aliphatic hydroxyl groups is 1. The van der Waals surface area contributed by atoms with Crippen molar-refractivity contribution in [1.82, 2.24) is 4.72 Å². The minimum atomic E-state index is -3.97. The predicted octanol–water partition coefficient (Wildman–Crippen LogP) is 1.55. The summed E-state index contributed by atoms with van der Waals surface area (Å²) >= 11 is 0. The van der Waals surface area contributed by atoms with Gasteiger partial charge in [-0.3, -0.25) is 4.79 Å². The maximum atomic E-state index is 11.9. The Labute approximate surface area is 140 Å². The highest BCUT2D eigenvalue weighted by Gasteiger charge is 2.30. The van der Waals surface area contributed by atoms with E-state index in [0.29, 0.717) is 5.56 Å². The first-order chi connectivity index (χ1) is 11.2. The monoisotopic (exact) mass is 355 g/mol. The number of carbonyl (C=O) groups is 1. The number of nitrogens with one attached hydrogen (secondary N) is 1. The van der Waals surface area contributed by atoms with Crippen molar-refractivity contribution >= 4 is 21.8 Å². The van der Waals surface area contributed by atoms with Gasteiger partial charge < -0.3 is 15.9 Å². The fourth-order valence-electron chi connectivity index (χ4n) is 2.65. The molecular weight excluding hydrogens is 334 g/mol. The third-order valence-corrected chi connectivity index (χ3v) is 5.08. The van der Waals surface area contributed by atoms with Gasteiger partial charge in [0.1, 0.15) is 11.4 Å². The number of rotatable bonds is 7. The lowest BCUT2D eigenvalue weighted by Gasteiger charge is -2.19. The zero-order valence-corrected chi connectivity index (χ0v) is 14.1. The SMILES string of the molecule is CCCCC(CC(N)=O)c1ccc(N2C=C(O)NS2(=O)=O)c(O)c1. The lowest BCUT2D eigenvalue weighted by atomic mass is 9.90. The summed E-state index contributed by atoms with van der Waals surface area (Å²) in [5.74, 6) is -1.37. The van der Waals surface area contributed by atoms with Gasteiger partial charge in [0.2, 0.25) is 11.8 Å². The van der Waals surface area contributed by atoms with Crippen molar-refractivity contribution in [3.63, 3.8) is 0 Å². The van der Waals surface area contributed by atoms with Crippen LogP contribution in [0.5, 0.6) is 5.75 Å². The van der Waals surface area contributed by atoms with Gasteiger partial charge in [-0.15, -0.1) is 0 Å². The summed E-state index contributed by atoms with van der Waals surface area (Å²) in [6.45, 7) is 2.03. The Morgan fingerprint density at radius 1 is 1.38 bits per heavy atom. The van der Waals surface area contributed by atoms with E-state index in [1.54, 1.807) is 6.07 Å². The van der Waals surface area contributed by atoms with Crippen LogP contribution in [-0.2, 0) is 15.0 Å². The summed E-state index contributed by atoms with van der Waals surface area (Å²) in [5, 5.41) is 19.5. The molecule has 0 aliphatic carbocycles. The number of amides is 1. The molecule has 0 fully saturated rings. The summed E-state index contributed by atoms with van der Waals surface area (Å²) < 4.78 is 26.4. The molecule has 1 aromatic carbocycles. The molecule has 1 unspecified atom stereocenters. The van der Waals surface area contributed by atoms with Crippen molar-refractivity contribution in [2.24, 2.45) is 5.73 Å². The molecule has 1 heterocycles. The highest BCUT2D eigenvalue weighted by Crippen LogP contribution is 2.36. The predicted molar refractivity (Wildman–Crippen MR) is 89.4 cm³/mol. The van der Waals surface area contributed by atoms with E-state index < -0.39 is 22.0 Å². The highest BCUT2D eigenvalue weighted by molar-refractivity contribution is 7.91. The summed E-state index contributed by atoms with van der Waals surface area (Å²) in [4.78, 5) is 11.3. The second-order valence-electron chi connectivity index (χ2n) is 5.68. The molecule has 2 rings (SSSR count). The van der Waals surface area contributed by atoms with Gasteiger partial charge in [-0.2, -0.15) is 8.42 Å². The number of anilines is 1. The van der Waals surface area contributed by atoms with E-state index in [1.165, 1.54) is 12.1 Å². The number of aliphatic hydroxyl groups excluding tert-OH is 1. The Kier molecular flexibility index (Phi) is 5.23. The first-order valence-electron chi connectivity index (χ1n) is 7.58. The summed E-state index contributed by atoms with van der Waals surface area (Å²) in [6.07, 6.45) is 3.72. The normalized spacial score (nSPS) is 17.2. The van der Waals surface area contributed by atoms with Gasteiger partial charge in [0.25, 0.3) is 0 Å². The molecule has 8 nitrogen and oxygen atoms in total. The van der Waals surface area contributed by atoms with Crippen LogP contribution in [0.3, 0.4) is 0 Å². The summed E-state index contributed by atoms with van der Waals surface area (Å²) in [7, 11) is -3.97. The van der Waals surface area contributed by atoms with Gasteiger partial charge in [0.05, 0.1) is 6.20 Å². The molecule has 1 aromatic rings. The Balaban J connectivity index is 2.32. The number of aromatic hydroxyl groups is 1. The number of carbonyl (C=O) groups excluding carboxylic acids is 1. The summed E-state index contributed by atoms with van der Waals surface area (Å²) in [6, 6.07) is 4.51. The van der Waals surface area contributed by atoms with Crippen LogP contribution in [-0.4, -0.2) is 24.5 Å². The summed E-state index contributed by atoms with van der Waals surface area (Å²) in [5.41, 5.74) is 6.00. The van der Waals surface area contributed by atoms with Gasteiger partial charge in [-0.1, -0.05) is 25.8 Å². The molecule has 0 radical (unpaired) electrons. The minimum Gasteiger partial charge on any atom is -0.506 e. The van der Waals surface area contributed by atoms with Crippen LogP contribution < -0.4 is 14.8 Å². The van der Waals surface area contributed by atoms with Gasteiger partial charge in [0, 0.05) is 6.42 Å². The number of unbranched alkanes of at least 4 members (excludes halogenated alkanes) is 1. The van der Waals surface area contributed by atoms with Crippen LogP contribution in [0.2, 0.25) is 0 Å². The molecule has 0 saturated heterocycles. The van der Waals surface area contributed by atoms with Gasteiger partial charge in [-0.25, -0.2) is 9.03 Å². The standard InChI is InChI=1S/C15H21N3O5S/c1-2-3-4-10(8-14(16)20)11-5-6-12(13(19)7-11)18-9-15(21)17-24(18,22)23/h5-7,9-10,17,19,21H,2-4,8H2,1H3,(H2,16,20). The van der Waals surface area contributed by atoms with E-state index in [-0.39, 0.29) is 23.8 Å². The maximum Gasteiger partial charge on any atom is 0.330 e. The topological polar surface area (TPSA) is 133 Å². The van der Waals surface area contributed by atoms with Crippen molar-refractivity contribution in [3.8, 4) is 5.75 Å². The Hall–Kier alpha value is -2.42. The molecule has 1 amide bonds. The van der Waals surface area contributed by atoms with E-state index in [4.69, 9.17) is 5.73 Å². The molecular formula is C15H21N3O5S. The quantitative estimate of drug-likeness (QED) is 0.589. The number of nitrogens with two attached hydrogens (primary N) is 1. The zero-order valence-electron chi connectivity index (χ0n) is 13.3. The fraction of sp³-hybridized carbons (Fsp3) is 0.400. The van der Waals surface area contributed by atoms with Crippen LogP contribution >= 0.6 is 0 Å². The van der Waals surface area contributed by atoms with E-state index in [0.717, 1.165) is 29.8 Å². The van der Waals surface area contributed by atoms with Gasteiger partial charge >= 0.3 is 10.2 Å². The third-order valence-electron chi connectivity index (χ3n) is 3.79. The van der Waals surface area contributed by atoms with Crippen molar-refractivity contribution in [2.75, 3.05) is 4.31 Å². The van der Waals surface area contributed by atoms with Crippen LogP contribution in [0.25, 0.3) is 0 Å². The van der Waals surface area contributed by atoms with Gasteiger partial charge in [0.15, 0.2) is 0 Å². The molecule has 0 aromatic heterocycles. The van der Waals surface area contributed by atoms with E-state index in [1.807, 2.05) is 11.6 Å². The number of phenols is 1. The van der Waals surface area contributed by atoms with Crippen LogP contribution in [0.1, 0.15) is 44.1 Å². The smallest absolute Gasteiger partial charge is 0.330 e. The van der Waals surface area contributed by atoms with Crippen molar-refractivity contribution < 1.29 is 23.4 Å². The average Bonchev–Trinajstić information content (AvgIpc) is 2.75. The Morgan fingerprint density at radius 3 is 2.58 bits per heavy atom. The van der Waals surface area contributed by atoms with E-state index in [9.17, 15) is 23.4 Å². The first-order valence-corrected chi connectivity index (χ1v) is 9.02. The molecule has 9 heteroatoms. The molecule has 0 bridgehead atoms. The van der Waals surface area contributed by atoms with E-state index >= 15 is 0 Å². The fourth-order valence-corrected chi connectivity index (χ4v) is 3.72. The number of benzene rings is 1.